The van der Waals surface area contributed by atoms with Crippen molar-refractivity contribution in [1.29, 1.82) is 5.26 Å². The number of nitriles is 1. The van der Waals surface area contributed by atoms with Crippen molar-refractivity contribution in [3.05, 3.63) is 11.4 Å². The first-order valence-corrected chi connectivity index (χ1v) is 8.69. The summed E-state index contributed by atoms with van der Waals surface area (Å²) in [4.78, 5) is 0. The van der Waals surface area contributed by atoms with Gasteiger partial charge < -0.3 is 5.32 Å². The monoisotopic (exact) mass is 288 g/mol. The summed E-state index contributed by atoms with van der Waals surface area (Å²) < 4.78 is 14.5. The van der Waals surface area contributed by atoms with Crippen LogP contribution in [0.3, 0.4) is 0 Å². The van der Waals surface area contributed by atoms with Gasteiger partial charge >= 0.3 is 0 Å². The Balaban J connectivity index is 1.45. The van der Waals surface area contributed by atoms with Crippen LogP contribution >= 0.6 is 0 Å². The van der Waals surface area contributed by atoms with Crippen LogP contribution in [0.5, 0.6) is 0 Å². The molecule has 1 unspecified atom stereocenters. The molecule has 5 aliphatic rings. The number of rotatable bonds is 3. The van der Waals surface area contributed by atoms with Crippen molar-refractivity contribution in [2.24, 2.45) is 23.7 Å². The number of hydrogen-bond acceptors (Lipinski definition) is 2. The van der Waals surface area contributed by atoms with E-state index in [0.717, 1.165) is 42.6 Å². The molecule has 0 radical (unpaired) electrons. The molecule has 5 fully saturated rings. The first kappa shape index (κ1) is 13.8. The van der Waals surface area contributed by atoms with Gasteiger partial charge in [0.25, 0.3) is 0 Å². The molecule has 5 rings (SSSR count). The molecule has 3 heteroatoms. The summed E-state index contributed by atoms with van der Waals surface area (Å²) in [6, 6.07) is 2.26. The van der Waals surface area contributed by atoms with E-state index in [1.54, 1.807) is 0 Å². The Morgan fingerprint density at radius 2 is 1.81 bits per heavy atom. The molecule has 0 amide bonds. The van der Waals surface area contributed by atoms with Crippen molar-refractivity contribution in [3.8, 4) is 6.07 Å². The smallest absolute Gasteiger partial charge is 0.114 e. The van der Waals surface area contributed by atoms with E-state index in [1.807, 2.05) is 0 Å². The van der Waals surface area contributed by atoms with Gasteiger partial charge in [0.1, 0.15) is 5.83 Å². The Morgan fingerprint density at radius 1 is 1.19 bits per heavy atom. The van der Waals surface area contributed by atoms with E-state index in [2.05, 4.69) is 11.4 Å². The molecule has 5 saturated carbocycles. The Kier molecular flexibility index (Phi) is 3.34. The van der Waals surface area contributed by atoms with E-state index in [0.29, 0.717) is 6.54 Å². The molecule has 4 bridgehead atoms. The van der Waals surface area contributed by atoms with Gasteiger partial charge in [-0.1, -0.05) is 0 Å². The van der Waals surface area contributed by atoms with Crippen LogP contribution in [-0.2, 0) is 0 Å². The van der Waals surface area contributed by atoms with Crippen molar-refractivity contribution in [2.45, 2.75) is 63.3 Å². The van der Waals surface area contributed by atoms with Crippen LogP contribution in [0.15, 0.2) is 11.4 Å². The summed E-state index contributed by atoms with van der Waals surface area (Å²) in [7, 11) is 0. The van der Waals surface area contributed by atoms with E-state index >= 15 is 0 Å². The molecule has 0 aromatic rings. The zero-order chi connectivity index (χ0) is 14.4. The highest BCUT2D eigenvalue weighted by atomic mass is 19.1. The Labute approximate surface area is 126 Å². The van der Waals surface area contributed by atoms with E-state index in [4.69, 9.17) is 5.26 Å². The predicted molar refractivity (Wildman–Crippen MR) is 80.0 cm³/mol. The summed E-state index contributed by atoms with van der Waals surface area (Å²) in [5, 5.41) is 12.7. The van der Waals surface area contributed by atoms with Crippen LogP contribution in [0.4, 0.5) is 4.39 Å². The lowest BCUT2D eigenvalue weighted by Crippen LogP contribution is -2.58. The third-order valence-electron chi connectivity index (χ3n) is 6.52. The summed E-state index contributed by atoms with van der Waals surface area (Å²) in [5.41, 5.74) is 1.00. The molecule has 0 heterocycles. The molecule has 21 heavy (non-hydrogen) atoms. The van der Waals surface area contributed by atoms with Crippen LogP contribution in [0, 0.1) is 35.0 Å². The molecule has 114 valence electrons. The van der Waals surface area contributed by atoms with Crippen LogP contribution in [0.25, 0.3) is 0 Å². The Morgan fingerprint density at radius 3 is 2.38 bits per heavy atom. The van der Waals surface area contributed by atoms with Gasteiger partial charge in [-0.05, 0) is 81.1 Å². The average Bonchev–Trinajstić information content (AvgIpc) is 2.92. The first-order chi connectivity index (χ1) is 10.2. The molecule has 0 aromatic carbocycles. The highest BCUT2D eigenvalue weighted by Crippen LogP contribution is 2.55. The van der Waals surface area contributed by atoms with Crippen LogP contribution in [0.1, 0.15) is 57.8 Å². The summed E-state index contributed by atoms with van der Waals surface area (Å²) >= 11 is 0. The highest BCUT2D eigenvalue weighted by molar-refractivity contribution is 5.23. The van der Waals surface area contributed by atoms with Gasteiger partial charge in [-0.25, -0.2) is 4.39 Å². The Hall–Kier alpha value is -0.880. The van der Waals surface area contributed by atoms with Gasteiger partial charge in [-0.2, -0.15) is 5.26 Å². The minimum absolute atomic E-state index is 0.0326. The molecule has 1 N–H and O–H groups in total. The maximum Gasteiger partial charge on any atom is 0.114 e. The van der Waals surface area contributed by atoms with E-state index < -0.39 is 0 Å². The zero-order valence-electron chi connectivity index (χ0n) is 12.7. The van der Waals surface area contributed by atoms with E-state index in [-0.39, 0.29) is 17.3 Å². The number of allylic oxidation sites excluding steroid dienone is 1. The van der Waals surface area contributed by atoms with Crippen molar-refractivity contribution < 1.29 is 4.39 Å². The summed E-state index contributed by atoms with van der Waals surface area (Å²) in [5.74, 6) is 2.46. The minimum atomic E-state index is -0.164. The second kappa shape index (κ2) is 5.09. The maximum atomic E-state index is 14.5. The topological polar surface area (TPSA) is 35.8 Å². The van der Waals surface area contributed by atoms with Crippen LogP contribution < -0.4 is 5.32 Å². The average molecular weight is 288 g/mol. The molecule has 0 aromatic heterocycles. The number of hydrogen-bond donors (Lipinski definition) is 1. The van der Waals surface area contributed by atoms with Gasteiger partial charge in [0.15, 0.2) is 0 Å². The molecule has 1 atom stereocenters. The second-order valence-corrected chi connectivity index (χ2v) is 8.06. The molecule has 2 nitrogen and oxygen atoms in total. The largest absolute Gasteiger partial charge is 0.305 e. The highest BCUT2D eigenvalue weighted by Gasteiger charge is 2.50. The fourth-order valence-electron chi connectivity index (χ4n) is 6.02. The lowest BCUT2D eigenvalue weighted by Gasteiger charge is -2.57. The molecular formula is C18H25FN2. The number of nitrogens with one attached hydrogen (secondary N) is 1. The first-order valence-electron chi connectivity index (χ1n) is 8.69. The third-order valence-corrected chi connectivity index (χ3v) is 6.52. The van der Waals surface area contributed by atoms with Gasteiger partial charge in [-0.3, -0.25) is 0 Å². The molecule has 5 aliphatic carbocycles. The quantitative estimate of drug-likeness (QED) is 0.849. The normalized spacial score (nSPS) is 46.7. The van der Waals surface area contributed by atoms with Gasteiger partial charge in [-0.15, -0.1) is 0 Å². The lowest BCUT2D eigenvalue weighted by atomic mass is 9.53. The zero-order valence-corrected chi connectivity index (χ0v) is 12.7. The van der Waals surface area contributed by atoms with Crippen molar-refractivity contribution in [3.63, 3.8) is 0 Å². The maximum absolute atomic E-state index is 14.5. The van der Waals surface area contributed by atoms with Gasteiger partial charge in [0.2, 0.25) is 0 Å². The lowest BCUT2D eigenvalue weighted by molar-refractivity contribution is -0.0188. The molecular weight excluding hydrogens is 263 g/mol. The fraction of sp³-hybridized carbons (Fsp3) is 0.833. The van der Waals surface area contributed by atoms with E-state index in [1.165, 1.54) is 38.5 Å². The standard InChI is InChI=1S/C18H25FN2/c19-17(16-3-1-2-15(16)10-20)11-21-18-7-12-4-13(8-18)6-14(5-12)9-18/h12-15,21H,1-9,11H2/b17-16+. The van der Waals surface area contributed by atoms with E-state index in [9.17, 15) is 4.39 Å². The molecule has 0 saturated heterocycles. The van der Waals surface area contributed by atoms with Crippen LogP contribution in [-0.4, -0.2) is 12.1 Å². The van der Waals surface area contributed by atoms with Crippen LogP contribution in [0.2, 0.25) is 0 Å². The SMILES string of the molecule is N#CC1CCC/C1=C(\F)CNC12CC3CC(CC(C3)C1)C2. The minimum Gasteiger partial charge on any atom is -0.305 e. The van der Waals surface area contributed by atoms with Crippen molar-refractivity contribution >= 4 is 0 Å². The summed E-state index contributed by atoms with van der Waals surface area (Å²) in [6.07, 6.45) is 10.6. The fourth-order valence-corrected chi connectivity index (χ4v) is 6.02. The van der Waals surface area contributed by atoms with Crippen molar-refractivity contribution in [2.75, 3.05) is 6.54 Å². The van der Waals surface area contributed by atoms with Crippen molar-refractivity contribution in [1.82, 2.24) is 5.32 Å². The molecule has 0 spiro atoms. The number of nitrogens with zero attached hydrogens (tertiary/aromatic N) is 1. The van der Waals surface area contributed by atoms with Gasteiger partial charge in [0, 0.05) is 12.1 Å². The predicted octanol–water partition coefficient (Wildman–Crippen LogP) is 4.09. The number of halogens is 1. The molecule has 0 aliphatic heterocycles. The Bertz CT molecular complexity index is 467. The summed E-state index contributed by atoms with van der Waals surface area (Å²) in [6.45, 7) is 0.361. The third kappa shape index (κ3) is 2.42. The van der Waals surface area contributed by atoms with Gasteiger partial charge in [0.05, 0.1) is 12.0 Å². The second-order valence-electron chi connectivity index (χ2n) is 8.06.